The van der Waals surface area contributed by atoms with Crippen molar-refractivity contribution in [1.82, 2.24) is 10.2 Å². The number of aliphatic carboxylic acids is 1. The van der Waals surface area contributed by atoms with E-state index < -0.39 is 17.3 Å². The van der Waals surface area contributed by atoms with E-state index in [-0.39, 0.29) is 32.3 Å². The Bertz CT molecular complexity index is 387. The fourth-order valence-corrected chi connectivity index (χ4v) is 2.10. The summed E-state index contributed by atoms with van der Waals surface area (Å²) in [4.78, 5) is 35.0. The maximum atomic E-state index is 11.9. The third-order valence-corrected chi connectivity index (χ3v) is 3.27. The first kappa shape index (κ1) is 16.2. The molecule has 0 bridgehead atoms. The van der Waals surface area contributed by atoms with Crippen LogP contribution in [0.15, 0.2) is 0 Å². The molecule has 1 heterocycles. The number of hydrogen-bond acceptors (Lipinski definition) is 4. The first-order valence-electron chi connectivity index (χ1n) is 6.47. The number of nitrogens with zero attached hydrogens (tertiary/aromatic N) is 1. The van der Waals surface area contributed by atoms with Crippen molar-refractivity contribution >= 4 is 17.9 Å². The minimum absolute atomic E-state index is 0.179. The second-order valence-corrected chi connectivity index (χ2v) is 5.14. The maximum Gasteiger partial charge on any atom is 0.317 e. The van der Waals surface area contributed by atoms with Gasteiger partial charge in [0, 0.05) is 19.6 Å². The van der Waals surface area contributed by atoms with Crippen molar-refractivity contribution in [2.24, 2.45) is 11.1 Å². The molecule has 1 fully saturated rings. The van der Waals surface area contributed by atoms with Crippen LogP contribution >= 0.6 is 0 Å². The SMILES string of the molecule is CC1(C(=O)O)CCCN(C(=O)NCCOCC(N)=O)C1. The molecule has 0 spiro atoms. The molecule has 3 amide bonds. The molecule has 1 aliphatic rings. The zero-order valence-corrected chi connectivity index (χ0v) is 11.6. The Morgan fingerprint density at radius 1 is 1.45 bits per heavy atom. The van der Waals surface area contributed by atoms with Gasteiger partial charge in [-0.25, -0.2) is 4.79 Å². The lowest BCUT2D eigenvalue weighted by molar-refractivity contribution is -0.150. The van der Waals surface area contributed by atoms with E-state index in [1.54, 1.807) is 6.92 Å². The van der Waals surface area contributed by atoms with Gasteiger partial charge in [-0.05, 0) is 19.8 Å². The number of hydrogen-bond donors (Lipinski definition) is 3. The van der Waals surface area contributed by atoms with Gasteiger partial charge in [-0.15, -0.1) is 0 Å². The number of nitrogens with one attached hydrogen (secondary N) is 1. The Balaban J connectivity index is 2.32. The number of carbonyl (C=O) groups excluding carboxylic acids is 2. The van der Waals surface area contributed by atoms with E-state index in [0.29, 0.717) is 19.4 Å². The quantitative estimate of drug-likeness (QED) is 0.562. The molecule has 0 aromatic heterocycles. The fourth-order valence-electron chi connectivity index (χ4n) is 2.10. The summed E-state index contributed by atoms with van der Waals surface area (Å²) in [5.41, 5.74) is 4.00. The third-order valence-electron chi connectivity index (χ3n) is 3.27. The molecule has 1 saturated heterocycles. The summed E-state index contributed by atoms with van der Waals surface area (Å²) in [7, 11) is 0. The van der Waals surface area contributed by atoms with Crippen LogP contribution in [0, 0.1) is 5.41 Å². The summed E-state index contributed by atoms with van der Waals surface area (Å²) in [6.07, 6.45) is 1.22. The molecule has 0 aromatic carbocycles. The normalized spacial score (nSPS) is 22.4. The second kappa shape index (κ2) is 7.09. The van der Waals surface area contributed by atoms with Gasteiger partial charge in [0.25, 0.3) is 0 Å². The van der Waals surface area contributed by atoms with E-state index in [1.165, 1.54) is 4.90 Å². The molecule has 8 heteroatoms. The number of carboxylic acids is 1. The molecule has 4 N–H and O–H groups in total. The number of carboxylic acid groups (broad SMARTS) is 1. The Morgan fingerprint density at radius 3 is 2.75 bits per heavy atom. The second-order valence-electron chi connectivity index (χ2n) is 5.14. The molecule has 0 radical (unpaired) electrons. The average molecular weight is 287 g/mol. The van der Waals surface area contributed by atoms with Crippen LogP contribution in [0.25, 0.3) is 0 Å². The number of carbonyl (C=O) groups is 3. The number of likely N-dealkylation sites (tertiary alicyclic amines) is 1. The van der Waals surface area contributed by atoms with E-state index in [9.17, 15) is 19.5 Å². The predicted octanol–water partition coefficient (Wildman–Crippen LogP) is -0.615. The largest absolute Gasteiger partial charge is 0.481 e. The van der Waals surface area contributed by atoms with Gasteiger partial charge in [-0.2, -0.15) is 0 Å². The standard InChI is InChI=1S/C12H21N3O5/c1-12(10(17)18)3-2-5-15(8-12)11(19)14-4-6-20-7-9(13)16/h2-8H2,1H3,(H2,13,16)(H,14,19)(H,17,18). The molecule has 1 aliphatic heterocycles. The van der Waals surface area contributed by atoms with Gasteiger partial charge in [-0.1, -0.05) is 0 Å². The smallest absolute Gasteiger partial charge is 0.317 e. The Hall–Kier alpha value is -1.83. The first-order chi connectivity index (χ1) is 9.35. The zero-order chi connectivity index (χ0) is 15.2. The van der Waals surface area contributed by atoms with Gasteiger partial charge in [0.1, 0.15) is 6.61 Å². The fraction of sp³-hybridized carbons (Fsp3) is 0.750. The molecule has 0 saturated carbocycles. The molecule has 0 aromatic rings. The van der Waals surface area contributed by atoms with E-state index in [4.69, 9.17) is 10.5 Å². The lowest BCUT2D eigenvalue weighted by Gasteiger charge is -2.37. The van der Waals surface area contributed by atoms with Crippen LogP contribution in [0.1, 0.15) is 19.8 Å². The number of nitrogens with two attached hydrogens (primary N) is 1. The summed E-state index contributed by atoms with van der Waals surface area (Å²) >= 11 is 0. The molecule has 114 valence electrons. The average Bonchev–Trinajstić information content (AvgIpc) is 2.37. The van der Waals surface area contributed by atoms with Crippen molar-refractivity contribution in [1.29, 1.82) is 0 Å². The summed E-state index contributed by atoms with van der Waals surface area (Å²) in [6.45, 7) is 2.61. The van der Waals surface area contributed by atoms with E-state index >= 15 is 0 Å². The van der Waals surface area contributed by atoms with Crippen molar-refractivity contribution in [2.75, 3.05) is 32.8 Å². The van der Waals surface area contributed by atoms with Gasteiger partial charge in [0.15, 0.2) is 0 Å². The van der Waals surface area contributed by atoms with Crippen molar-refractivity contribution in [3.8, 4) is 0 Å². The highest BCUT2D eigenvalue weighted by Gasteiger charge is 2.39. The van der Waals surface area contributed by atoms with Crippen LogP contribution in [0.3, 0.4) is 0 Å². The van der Waals surface area contributed by atoms with E-state index in [2.05, 4.69) is 5.32 Å². The van der Waals surface area contributed by atoms with Gasteiger partial charge in [-0.3, -0.25) is 9.59 Å². The maximum absolute atomic E-state index is 11.9. The summed E-state index contributed by atoms with van der Waals surface area (Å²) in [5, 5.41) is 11.8. The van der Waals surface area contributed by atoms with Gasteiger partial charge in [0.2, 0.25) is 5.91 Å². The minimum atomic E-state index is -0.891. The number of ether oxygens (including phenoxy) is 1. The highest BCUT2D eigenvalue weighted by molar-refractivity contribution is 5.78. The number of urea groups is 1. The molecule has 1 unspecified atom stereocenters. The van der Waals surface area contributed by atoms with Crippen LogP contribution in [0.5, 0.6) is 0 Å². The summed E-state index contributed by atoms with van der Waals surface area (Å²) in [5.74, 6) is -1.45. The van der Waals surface area contributed by atoms with Crippen LogP contribution < -0.4 is 11.1 Å². The molecular weight excluding hydrogens is 266 g/mol. The highest BCUT2D eigenvalue weighted by atomic mass is 16.5. The molecule has 1 rings (SSSR count). The number of piperidine rings is 1. The topological polar surface area (TPSA) is 122 Å². The Labute approximate surface area is 117 Å². The van der Waals surface area contributed by atoms with Crippen LogP contribution in [-0.2, 0) is 14.3 Å². The summed E-state index contributed by atoms with van der Waals surface area (Å²) < 4.78 is 4.91. The molecular formula is C12H21N3O5. The number of rotatable bonds is 6. The lowest BCUT2D eigenvalue weighted by Crippen LogP contribution is -2.51. The zero-order valence-electron chi connectivity index (χ0n) is 11.6. The Morgan fingerprint density at radius 2 is 2.15 bits per heavy atom. The van der Waals surface area contributed by atoms with Gasteiger partial charge < -0.3 is 25.8 Å². The highest BCUT2D eigenvalue weighted by Crippen LogP contribution is 2.29. The Kier molecular flexibility index (Phi) is 5.75. The summed E-state index contributed by atoms with van der Waals surface area (Å²) in [6, 6.07) is -0.320. The van der Waals surface area contributed by atoms with Crippen molar-refractivity contribution in [2.45, 2.75) is 19.8 Å². The van der Waals surface area contributed by atoms with Crippen LogP contribution in [0.2, 0.25) is 0 Å². The number of primary amides is 1. The van der Waals surface area contributed by atoms with Crippen molar-refractivity contribution < 1.29 is 24.2 Å². The molecule has 0 aliphatic carbocycles. The van der Waals surface area contributed by atoms with Gasteiger partial charge >= 0.3 is 12.0 Å². The molecule has 8 nitrogen and oxygen atoms in total. The van der Waals surface area contributed by atoms with Crippen molar-refractivity contribution in [3.63, 3.8) is 0 Å². The first-order valence-corrected chi connectivity index (χ1v) is 6.47. The van der Waals surface area contributed by atoms with Crippen molar-refractivity contribution in [3.05, 3.63) is 0 Å². The monoisotopic (exact) mass is 287 g/mol. The van der Waals surface area contributed by atoms with Crippen LogP contribution in [0.4, 0.5) is 4.79 Å². The van der Waals surface area contributed by atoms with Crippen LogP contribution in [-0.4, -0.2) is 60.8 Å². The molecule has 20 heavy (non-hydrogen) atoms. The van der Waals surface area contributed by atoms with E-state index in [1.807, 2.05) is 0 Å². The van der Waals surface area contributed by atoms with Gasteiger partial charge in [0.05, 0.1) is 12.0 Å². The number of amides is 3. The lowest BCUT2D eigenvalue weighted by atomic mass is 9.82. The minimum Gasteiger partial charge on any atom is -0.481 e. The predicted molar refractivity (Wildman–Crippen MR) is 70.0 cm³/mol. The molecule has 1 atom stereocenters. The van der Waals surface area contributed by atoms with E-state index in [0.717, 1.165) is 0 Å². The third kappa shape index (κ3) is 4.69.